The van der Waals surface area contributed by atoms with Crippen molar-refractivity contribution >= 4 is 11.6 Å². The predicted octanol–water partition coefficient (Wildman–Crippen LogP) is 4.53. The largest absolute Gasteiger partial charge is 0.271 e. The van der Waals surface area contributed by atoms with Gasteiger partial charge >= 0.3 is 0 Å². The lowest BCUT2D eigenvalue weighted by Gasteiger charge is -2.07. The van der Waals surface area contributed by atoms with Crippen molar-refractivity contribution in [3.8, 4) is 0 Å². The number of nitrogens with one attached hydrogen (secondary N) is 1. The van der Waals surface area contributed by atoms with Crippen LogP contribution in [-0.2, 0) is 6.42 Å². The summed E-state index contributed by atoms with van der Waals surface area (Å²) in [6.45, 7) is 8.28. The Morgan fingerprint density at radius 1 is 1.00 bits per heavy atom. The number of hydrogen-bond acceptors (Lipinski definition) is 2. The minimum absolute atomic E-state index is 0.190. The average Bonchev–Trinajstić information content (AvgIpc) is 2.59. The first-order valence-corrected chi connectivity index (χ1v) is 8.05. The fraction of sp³-hybridized carbons (Fsp3) is 0.300. The van der Waals surface area contributed by atoms with E-state index in [2.05, 4.69) is 43.4 Å². The van der Waals surface area contributed by atoms with Gasteiger partial charge in [-0.2, -0.15) is 5.10 Å². The Morgan fingerprint density at radius 3 is 2.09 bits per heavy atom. The highest BCUT2D eigenvalue weighted by Crippen LogP contribution is 2.14. The van der Waals surface area contributed by atoms with Gasteiger partial charge in [-0.3, -0.25) is 4.79 Å². The molecular weight excluding hydrogens is 284 g/mol. The summed E-state index contributed by atoms with van der Waals surface area (Å²) in [6, 6.07) is 15.9. The SMILES string of the molecule is CCc1ccc(/C(C)=N/NC(=O)c2ccc(C(C)C)cc2)cc1. The first-order valence-electron chi connectivity index (χ1n) is 8.05. The second-order valence-corrected chi connectivity index (χ2v) is 5.97. The summed E-state index contributed by atoms with van der Waals surface area (Å²) in [5, 5.41) is 4.20. The third kappa shape index (κ3) is 4.52. The summed E-state index contributed by atoms with van der Waals surface area (Å²) < 4.78 is 0. The van der Waals surface area contributed by atoms with E-state index in [0.717, 1.165) is 17.7 Å². The number of hydrazone groups is 1. The molecule has 0 aliphatic heterocycles. The van der Waals surface area contributed by atoms with Gasteiger partial charge in [0.05, 0.1) is 5.71 Å². The van der Waals surface area contributed by atoms with Crippen LogP contribution < -0.4 is 5.43 Å². The summed E-state index contributed by atoms with van der Waals surface area (Å²) >= 11 is 0. The Kier molecular flexibility index (Phi) is 5.69. The van der Waals surface area contributed by atoms with E-state index >= 15 is 0 Å². The van der Waals surface area contributed by atoms with Crippen LogP contribution in [0.2, 0.25) is 0 Å². The molecule has 1 amide bonds. The van der Waals surface area contributed by atoms with Crippen LogP contribution in [0.3, 0.4) is 0 Å². The number of aryl methyl sites for hydroxylation is 1. The molecule has 120 valence electrons. The Labute approximate surface area is 138 Å². The van der Waals surface area contributed by atoms with Crippen molar-refractivity contribution in [3.63, 3.8) is 0 Å². The highest BCUT2D eigenvalue weighted by atomic mass is 16.2. The number of carbonyl (C=O) groups excluding carboxylic acids is 1. The van der Waals surface area contributed by atoms with Crippen LogP contribution in [0.25, 0.3) is 0 Å². The molecule has 3 nitrogen and oxygen atoms in total. The van der Waals surface area contributed by atoms with Gasteiger partial charge in [0.15, 0.2) is 0 Å². The van der Waals surface area contributed by atoms with Gasteiger partial charge in [0.25, 0.3) is 5.91 Å². The maximum Gasteiger partial charge on any atom is 0.271 e. The van der Waals surface area contributed by atoms with E-state index in [1.165, 1.54) is 11.1 Å². The minimum atomic E-state index is -0.190. The second kappa shape index (κ2) is 7.73. The van der Waals surface area contributed by atoms with Gasteiger partial charge in [-0.25, -0.2) is 5.43 Å². The van der Waals surface area contributed by atoms with E-state index in [0.29, 0.717) is 11.5 Å². The van der Waals surface area contributed by atoms with E-state index < -0.39 is 0 Å². The molecule has 0 atom stereocenters. The molecule has 0 unspecified atom stereocenters. The van der Waals surface area contributed by atoms with Gasteiger partial charge in [0, 0.05) is 5.56 Å². The van der Waals surface area contributed by atoms with Crippen LogP contribution in [0.4, 0.5) is 0 Å². The number of carbonyl (C=O) groups is 1. The molecule has 0 aliphatic rings. The molecule has 2 rings (SSSR count). The lowest BCUT2D eigenvalue weighted by molar-refractivity contribution is 0.0955. The van der Waals surface area contributed by atoms with E-state index in [4.69, 9.17) is 0 Å². The van der Waals surface area contributed by atoms with Crippen LogP contribution in [-0.4, -0.2) is 11.6 Å². The van der Waals surface area contributed by atoms with Gasteiger partial charge < -0.3 is 0 Å². The third-order valence-corrected chi connectivity index (χ3v) is 3.94. The molecule has 0 saturated carbocycles. The van der Waals surface area contributed by atoms with Gasteiger partial charge in [-0.15, -0.1) is 0 Å². The number of hydrogen-bond donors (Lipinski definition) is 1. The van der Waals surface area contributed by atoms with Crippen molar-refractivity contribution in [2.24, 2.45) is 5.10 Å². The lowest BCUT2D eigenvalue weighted by Crippen LogP contribution is -2.19. The predicted molar refractivity (Wildman–Crippen MR) is 96.0 cm³/mol. The molecule has 0 radical (unpaired) electrons. The number of amides is 1. The standard InChI is InChI=1S/C20H24N2O/c1-5-16-6-8-18(9-7-16)15(4)21-22-20(23)19-12-10-17(11-13-19)14(2)3/h6-14H,5H2,1-4H3,(H,22,23)/b21-15+. The quantitative estimate of drug-likeness (QED) is 0.640. The van der Waals surface area contributed by atoms with E-state index in [1.807, 2.05) is 43.3 Å². The van der Waals surface area contributed by atoms with Gasteiger partial charge in [0.2, 0.25) is 0 Å². The molecule has 0 aliphatic carbocycles. The molecule has 2 aromatic rings. The summed E-state index contributed by atoms with van der Waals surface area (Å²) in [4.78, 5) is 12.1. The van der Waals surface area contributed by atoms with Gasteiger partial charge in [-0.1, -0.05) is 57.2 Å². The summed E-state index contributed by atoms with van der Waals surface area (Å²) in [7, 11) is 0. The van der Waals surface area contributed by atoms with Crippen molar-refractivity contribution in [2.45, 2.75) is 40.0 Å². The second-order valence-electron chi connectivity index (χ2n) is 5.97. The summed E-state index contributed by atoms with van der Waals surface area (Å²) in [6.07, 6.45) is 1.01. The average molecular weight is 308 g/mol. The van der Waals surface area contributed by atoms with Crippen molar-refractivity contribution in [3.05, 3.63) is 70.8 Å². The molecule has 0 saturated heterocycles. The first-order chi connectivity index (χ1) is 11.0. The Bertz CT molecular complexity index is 683. The van der Waals surface area contributed by atoms with Crippen molar-refractivity contribution in [2.75, 3.05) is 0 Å². The summed E-state index contributed by atoms with van der Waals surface area (Å²) in [5.74, 6) is 0.267. The third-order valence-electron chi connectivity index (χ3n) is 3.94. The van der Waals surface area contributed by atoms with Crippen LogP contribution in [0.5, 0.6) is 0 Å². The maximum absolute atomic E-state index is 12.1. The molecule has 23 heavy (non-hydrogen) atoms. The Hall–Kier alpha value is -2.42. The molecule has 0 fully saturated rings. The minimum Gasteiger partial charge on any atom is -0.267 e. The fourth-order valence-corrected chi connectivity index (χ4v) is 2.26. The zero-order chi connectivity index (χ0) is 16.8. The number of rotatable bonds is 5. The Morgan fingerprint density at radius 2 is 1.57 bits per heavy atom. The summed E-state index contributed by atoms with van der Waals surface area (Å²) in [5.41, 5.74) is 7.55. The van der Waals surface area contributed by atoms with E-state index in [-0.39, 0.29) is 5.91 Å². The molecule has 2 aromatic carbocycles. The van der Waals surface area contributed by atoms with Crippen LogP contribution >= 0.6 is 0 Å². The zero-order valence-electron chi connectivity index (χ0n) is 14.3. The molecule has 0 bridgehead atoms. The zero-order valence-corrected chi connectivity index (χ0v) is 14.3. The first kappa shape index (κ1) is 16.9. The molecule has 3 heteroatoms. The van der Waals surface area contributed by atoms with E-state index in [9.17, 15) is 4.79 Å². The monoisotopic (exact) mass is 308 g/mol. The molecule has 1 N–H and O–H groups in total. The van der Waals surface area contributed by atoms with Crippen LogP contribution in [0.1, 0.15) is 60.7 Å². The van der Waals surface area contributed by atoms with Crippen LogP contribution in [0, 0.1) is 0 Å². The highest BCUT2D eigenvalue weighted by Gasteiger charge is 2.06. The smallest absolute Gasteiger partial charge is 0.267 e. The topological polar surface area (TPSA) is 41.5 Å². The van der Waals surface area contributed by atoms with Crippen LogP contribution in [0.15, 0.2) is 53.6 Å². The van der Waals surface area contributed by atoms with Crippen molar-refractivity contribution < 1.29 is 4.79 Å². The number of nitrogens with zero attached hydrogens (tertiary/aromatic N) is 1. The molecular formula is C20H24N2O. The van der Waals surface area contributed by atoms with Gasteiger partial charge in [-0.05, 0) is 48.1 Å². The van der Waals surface area contributed by atoms with Crippen molar-refractivity contribution in [1.82, 2.24) is 5.43 Å². The maximum atomic E-state index is 12.1. The fourth-order valence-electron chi connectivity index (χ4n) is 2.26. The van der Waals surface area contributed by atoms with Crippen molar-refractivity contribution in [1.29, 1.82) is 0 Å². The normalized spacial score (nSPS) is 11.6. The molecule has 0 aromatic heterocycles. The lowest BCUT2D eigenvalue weighted by atomic mass is 10.0. The van der Waals surface area contributed by atoms with E-state index in [1.54, 1.807) is 0 Å². The molecule has 0 spiro atoms. The molecule has 0 heterocycles. The Balaban J connectivity index is 2.04. The highest BCUT2D eigenvalue weighted by molar-refractivity contribution is 6.00. The number of benzene rings is 2. The van der Waals surface area contributed by atoms with Gasteiger partial charge in [0.1, 0.15) is 0 Å².